The summed E-state index contributed by atoms with van der Waals surface area (Å²) in [5.41, 5.74) is 2.34. The molecule has 0 spiro atoms. The molecule has 33 heavy (non-hydrogen) atoms. The van der Waals surface area contributed by atoms with Gasteiger partial charge in [-0.15, -0.1) is 0 Å². The van der Waals surface area contributed by atoms with Gasteiger partial charge in [0.25, 0.3) is 0 Å². The van der Waals surface area contributed by atoms with E-state index in [1.807, 2.05) is 43.3 Å². The molecule has 1 aromatic rings. The van der Waals surface area contributed by atoms with Gasteiger partial charge in [0.1, 0.15) is 24.8 Å². The average molecular weight is 463 g/mol. The minimum atomic E-state index is -0.334. The van der Waals surface area contributed by atoms with Gasteiger partial charge in [-0.05, 0) is 62.0 Å². The summed E-state index contributed by atoms with van der Waals surface area (Å²) < 4.78 is 33.6. The molecule has 0 amide bonds. The van der Waals surface area contributed by atoms with E-state index >= 15 is 0 Å². The Labute approximate surface area is 199 Å². The summed E-state index contributed by atoms with van der Waals surface area (Å²) in [6.45, 7) is 8.61. The molecule has 0 N–H and O–H groups in total. The number of ether oxygens (including phenoxy) is 6. The zero-order chi connectivity index (χ0) is 23.9. The fraction of sp³-hybridized carbons (Fsp3) is 0.630. The highest BCUT2D eigenvalue weighted by molar-refractivity contribution is 5.26. The van der Waals surface area contributed by atoms with Crippen molar-refractivity contribution in [3.05, 3.63) is 53.6 Å². The van der Waals surface area contributed by atoms with E-state index in [-0.39, 0.29) is 25.3 Å². The van der Waals surface area contributed by atoms with Gasteiger partial charge in [0.2, 0.25) is 0 Å². The van der Waals surface area contributed by atoms with Crippen LogP contribution in [0.4, 0.5) is 0 Å². The van der Waals surface area contributed by atoms with Gasteiger partial charge in [-0.1, -0.05) is 44.1 Å². The maximum Gasteiger partial charge on any atom is 0.177 e. The average Bonchev–Trinajstić information content (AvgIpc) is 2.83. The number of allylic oxidation sites excluding steroid dienone is 1. The molecule has 6 heteroatoms. The molecule has 1 aromatic carbocycles. The van der Waals surface area contributed by atoms with Crippen LogP contribution in [0.15, 0.2) is 48.1 Å². The summed E-state index contributed by atoms with van der Waals surface area (Å²) in [5, 5.41) is 0. The van der Waals surface area contributed by atoms with Crippen LogP contribution < -0.4 is 4.74 Å². The van der Waals surface area contributed by atoms with Gasteiger partial charge in [-0.25, -0.2) is 0 Å². The highest BCUT2D eigenvalue weighted by Crippen LogP contribution is 2.25. The Hall–Kier alpha value is -1.70. The van der Waals surface area contributed by atoms with Crippen LogP contribution >= 0.6 is 0 Å². The Morgan fingerprint density at radius 3 is 2.55 bits per heavy atom. The van der Waals surface area contributed by atoms with E-state index in [1.165, 1.54) is 17.6 Å². The van der Waals surface area contributed by atoms with Crippen LogP contribution in [0, 0.1) is 5.92 Å². The molecule has 6 nitrogen and oxygen atoms in total. The number of methoxy groups -OCH3 is 2. The van der Waals surface area contributed by atoms with Crippen molar-refractivity contribution >= 4 is 0 Å². The van der Waals surface area contributed by atoms with E-state index in [9.17, 15) is 0 Å². The molecule has 1 aliphatic heterocycles. The lowest BCUT2D eigenvalue weighted by molar-refractivity contribution is -0.179. The number of hydrogen-bond acceptors (Lipinski definition) is 6. The molecule has 0 aromatic heterocycles. The summed E-state index contributed by atoms with van der Waals surface area (Å²) >= 11 is 0. The third-order valence-corrected chi connectivity index (χ3v) is 5.62. The molecule has 0 saturated heterocycles. The number of unbranched alkanes of at least 4 members (excludes halogenated alkanes) is 2. The lowest BCUT2D eigenvalue weighted by atomic mass is 9.96. The second kappa shape index (κ2) is 16.0. The van der Waals surface area contributed by atoms with Crippen LogP contribution in [0.3, 0.4) is 0 Å². The van der Waals surface area contributed by atoms with Crippen molar-refractivity contribution in [2.24, 2.45) is 5.92 Å². The zero-order valence-electron chi connectivity index (χ0n) is 21.0. The summed E-state index contributed by atoms with van der Waals surface area (Å²) in [7, 11) is 3.30. The first-order valence-electron chi connectivity index (χ1n) is 12.0. The minimum absolute atomic E-state index is 0.171. The molecule has 1 unspecified atom stereocenters. The van der Waals surface area contributed by atoms with E-state index < -0.39 is 0 Å². The zero-order valence-corrected chi connectivity index (χ0v) is 21.0. The lowest BCUT2D eigenvalue weighted by Crippen LogP contribution is -2.39. The van der Waals surface area contributed by atoms with Crippen molar-refractivity contribution in [1.29, 1.82) is 0 Å². The first-order chi connectivity index (χ1) is 16.1. The van der Waals surface area contributed by atoms with Crippen molar-refractivity contribution in [2.75, 3.05) is 34.2 Å². The lowest BCUT2D eigenvalue weighted by Gasteiger charge is -2.33. The quantitative estimate of drug-likeness (QED) is 0.179. The van der Waals surface area contributed by atoms with E-state index in [4.69, 9.17) is 28.4 Å². The summed E-state index contributed by atoms with van der Waals surface area (Å²) in [6.07, 6.45) is 10.1. The first-order valence-corrected chi connectivity index (χ1v) is 12.0. The van der Waals surface area contributed by atoms with Gasteiger partial charge >= 0.3 is 0 Å². The molecule has 0 fully saturated rings. The Morgan fingerprint density at radius 1 is 1.06 bits per heavy atom. The Morgan fingerprint density at radius 2 is 1.85 bits per heavy atom. The highest BCUT2D eigenvalue weighted by atomic mass is 16.7. The van der Waals surface area contributed by atoms with Crippen LogP contribution in [0.2, 0.25) is 0 Å². The summed E-state index contributed by atoms with van der Waals surface area (Å²) in [6, 6.07) is 8.02. The highest BCUT2D eigenvalue weighted by Gasteiger charge is 2.29. The Bertz CT molecular complexity index is 699. The first kappa shape index (κ1) is 27.5. The number of hydrogen-bond donors (Lipinski definition) is 0. The van der Waals surface area contributed by atoms with Crippen molar-refractivity contribution in [2.45, 2.75) is 71.6 Å². The molecule has 4 atom stereocenters. The topological polar surface area (TPSA) is 55.4 Å². The van der Waals surface area contributed by atoms with Gasteiger partial charge in [0.05, 0.1) is 13.7 Å². The molecule has 0 radical (unpaired) electrons. The van der Waals surface area contributed by atoms with E-state index in [2.05, 4.69) is 19.9 Å². The molecule has 0 bridgehead atoms. The minimum Gasteiger partial charge on any atom is -0.497 e. The van der Waals surface area contributed by atoms with Gasteiger partial charge in [-0.2, -0.15) is 0 Å². The third-order valence-electron chi connectivity index (χ3n) is 5.62. The van der Waals surface area contributed by atoms with Crippen molar-refractivity contribution in [3.8, 4) is 5.75 Å². The molecule has 1 heterocycles. The number of rotatable bonds is 16. The van der Waals surface area contributed by atoms with Crippen LogP contribution in [0.25, 0.3) is 0 Å². The van der Waals surface area contributed by atoms with Crippen LogP contribution in [-0.4, -0.2) is 52.7 Å². The molecule has 0 saturated carbocycles. The van der Waals surface area contributed by atoms with Gasteiger partial charge in [0, 0.05) is 20.3 Å². The standard InChI is InChI=1S/C27H42O6/c1-6-31-26-16-15-25(32-20-28-4)27(33-26)22(3)18-21(2)10-8-7-9-17-30-19-23-11-13-24(29-5)14-12-23/h11-16,18,21,25-27H,6-10,17,19-20H2,1-5H3/b22-18+/t21-,25+,26?,27+/m1/s1. The van der Waals surface area contributed by atoms with E-state index in [0.29, 0.717) is 19.1 Å². The predicted octanol–water partition coefficient (Wildman–Crippen LogP) is 5.66. The maximum atomic E-state index is 6.14. The molecule has 1 aliphatic rings. The van der Waals surface area contributed by atoms with Gasteiger partial charge in [0.15, 0.2) is 6.29 Å². The molecule has 2 rings (SSSR count). The monoisotopic (exact) mass is 462 g/mol. The van der Waals surface area contributed by atoms with Crippen molar-refractivity contribution in [3.63, 3.8) is 0 Å². The summed E-state index contributed by atoms with van der Waals surface area (Å²) in [4.78, 5) is 0. The van der Waals surface area contributed by atoms with Crippen molar-refractivity contribution < 1.29 is 28.4 Å². The van der Waals surface area contributed by atoms with Crippen LogP contribution in [0.1, 0.15) is 52.0 Å². The molecule has 186 valence electrons. The molecule has 0 aliphatic carbocycles. The van der Waals surface area contributed by atoms with Gasteiger partial charge < -0.3 is 28.4 Å². The predicted molar refractivity (Wildman–Crippen MR) is 130 cm³/mol. The smallest absolute Gasteiger partial charge is 0.177 e. The normalized spacial score (nSPS) is 21.8. The fourth-order valence-electron chi connectivity index (χ4n) is 3.87. The molecular weight excluding hydrogens is 420 g/mol. The van der Waals surface area contributed by atoms with E-state index in [1.54, 1.807) is 14.2 Å². The largest absolute Gasteiger partial charge is 0.497 e. The number of benzene rings is 1. The van der Waals surface area contributed by atoms with Crippen LogP contribution in [0.5, 0.6) is 5.75 Å². The second-order valence-electron chi connectivity index (χ2n) is 8.44. The third kappa shape index (κ3) is 10.4. The maximum absolute atomic E-state index is 6.14. The van der Waals surface area contributed by atoms with Crippen molar-refractivity contribution in [1.82, 2.24) is 0 Å². The molecular formula is C27H42O6. The Kier molecular flexibility index (Phi) is 13.4. The summed E-state index contributed by atoms with van der Waals surface area (Å²) in [5.74, 6) is 1.34. The van der Waals surface area contributed by atoms with Crippen LogP contribution in [-0.2, 0) is 30.3 Å². The second-order valence-corrected chi connectivity index (χ2v) is 8.44. The fourth-order valence-corrected chi connectivity index (χ4v) is 3.87. The van der Waals surface area contributed by atoms with E-state index in [0.717, 1.165) is 31.6 Å². The SMILES string of the molecule is CCOC1C=C[C@H](OCOC)[C@H](/C(C)=C/[C@H](C)CCCCCOCc2ccc(OC)cc2)O1. The Balaban J connectivity index is 1.68. The van der Waals surface area contributed by atoms with Gasteiger partial charge in [-0.3, -0.25) is 0 Å².